The van der Waals surface area contributed by atoms with E-state index in [1.165, 1.54) is 0 Å². The molecule has 0 aliphatic heterocycles. The van der Waals surface area contributed by atoms with E-state index in [-0.39, 0.29) is 0 Å². The minimum Gasteiger partial charge on any atom is -0.472 e. The van der Waals surface area contributed by atoms with Gasteiger partial charge in [0.2, 0.25) is 0 Å². The third-order valence-corrected chi connectivity index (χ3v) is 2.89. The van der Waals surface area contributed by atoms with Gasteiger partial charge in [0, 0.05) is 18.8 Å². The molecule has 2 aromatic heterocycles. The third-order valence-electron chi connectivity index (χ3n) is 2.89. The van der Waals surface area contributed by atoms with E-state index in [0.29, 0.717) is 6.42 Å². The molecule has 0 saturated carbocycles. The molecular weight excluding hydrogens is 228 g/mol. The summed E-state index contributed by atoms with van der Waals surface area (Å²) >= 11 is 0. The molecule has 1 unspecified atom stereocenters. The highest BCUT2D eigenvalue weighted by atomic mass is 16.3. The van der Waals surface area contributed by atoms with Gasteiger partial charge in [0.15, 0.2) is 0 Å². The average Bonchev–Trinajstić information content (AvgIpc) is 2.91. The van der Waals surface area contributed by atoms with Crippen LogP contribution in [0, 0.1) is 0 Å². The van der Waals surface area contributed by atoms with Crippen LogP contribution in [0.3, 0.4) is 0 Å². The van der Waals surface area contributed by atoms with Gasteiger partial charge < -0.3 is 9.52 Å². The van der Waals surface area contributed by atoms with Crippen molar-refractivity contribution >= 4 is 11.0 Å². The molecule has 0 spiro atoms. The number of fused-ring (bicyclic) bond motifs is 1. The van der Waals surface area contributed by atoms with Crippen LogP contribution < -0.4 is 0 Å². The van der Waals surface area contributed by atoms with Crippen molar-refractivity contribution in [1.29, 1.82) is 0 Å². The topological polar surface area (TPSA) is 59.2 Å². The number of aromatic nitrogens is 2. The zero-order valence-corrected chi connectivity index (χ0v) is 9.65. The van der Waals surface area contributed by atoms with Crippen molar-refractivity contribution in [1.82, 2.24) is 9.97 Å². The largest absolute Gasteiger partial charge is 0.472 e. The van der Waals surface area contributed by atoms with E-state index in [2.05, 4.69) is 9.97 Å². The summed E-state index contributed by atoms with van der Waals surface area (Å²) in [7, 11) is 0. The number of hydrogen-bond acceptors (Lipinski definition) is 4. The van der Waals surface area contributed by atoms with Crippen LogP contribution in [0.2, 0.25) is 0 Å². The molecule has 4 heteroatoms. The van der Waals surface area contributed by atoms with Gasteiger partial charge in [-0.3, -0.25) is 9.97 Å². The van der Waals surface area contributed by atoms with E-state index >= 15 is 0 Å². The summed E-state index contributed by atoms with van der Waals surface area (Å²) in [4.78, 5) is 8.43. The summed E-state index contributed by atoms with van der Waals surface area (Å²) < 4.78 is 4.99. The van der Waals surface area contributed by atoms with Crippen molar-refractivity contribution in [3.05, 3.63) is 60.3 Å². The van der Waals surface area contributed by atoms with Crippen molar-refractivity contribution in [2.24, 2.45) is 0 Å². The highest BCUT2D eigenvalue weighted by molar-refractivity contribution is 5.74. The molecule has 1 atom stereocenters. The van der Waals surface area contributed by atoms with Gasteiger partial charge in [-0.1, -0.05) is 6.07 Å². The van der Waals surface area contributed by atoms with E-state index in [4.69, 9.17) is 4.42 Å². The Bertz CT molecular complexity index is 650. The normalized spacial score (nSPS) is 12.7. The lowest BCUT2D eigenvalue weighted by Crippen LogP contribution is -2.01. The highest BCUT2D eigenvalue weighted by Gasteiger charge is 2.10. The number of furan rings is 1. The Hall–Kier alpha value is -2.20. The molecule has 1 aromatic carbocycles. The molecule has 0 saturated heterocycles. The standard InChI is InChI=1S/C14H12N2O2/c17-14(7-10-3-6-18-9-10)11-1-2-12-13(8-11)16-5-4-15-12/h1-6,8-9,14,17H,7H2. The predicted octanol–water partition coefficient (Wildman–Crippen LogP) is 2.50. The molecule has 0 aliphatic carbocycles. The van der Waals surface area contributed by atoms with Crippen molar-refractivity contribution in [2.45, 2.75) is 12.5 Å². The fourth-order valence-electron chi connectivity index (χ4n) is 1.94. The second kappa shape index (κ2) is 4.58. The first-order valence-electron chi connectivity index (χ1n) is 5.73. The molecule has 0 fully saturated rings. The van der Waals surface area contributed by atoms with Crippen molar-refractivity contribution in [2.75, 3.05) is 0 Å². The molecule has 18 heavy (non-hydrogen) atoms. The number of aliphatic hydroxyl groups excluding tert-OH is 1. The van der Waals surface area contributed by atoms with Gasteiger partial charge in [-0.05, 0) is 29.3 Å². The van der Waals surface area contributed by atoms with Crippen LogP contribution >= 0.6 is 0 Å². The monoisotopic (exact) mass is 240 g/mol. The average molecular weight is 240 g/mol. The number of rotatable bonds is 3. The van der Waals surface area contributed by atoms with Gasteiger partial charge in [-0.25, -0.2) is 0 Å². The Labute approximate surface area is 104 Å². The van der Waals surface area contributed by atoms with Crippen LogP contribution in [0.15, 0.2) is 53.6 Å². The first kappa shape index (κ1) is 10.9. The lowest BCUT2D eigenvalue weighted by atomic mass is 10.0. The number of benzene rings is 1. The Morgan fingerprint density at radius 2 is 1.94 bits per heavy atom. The molecule has 2 heterocycles. The lowest BCUT2D eigenvalue weighted by molar-refractivity contribution is 0.178. The summed E-state index contributed by atoms with van der Waals surface area (Å²) in [5.74, 6) is 0. The molecule has 1 N–H and O–H groups in total. The second-order valence-corrected chi connectivity index (χ2v) is 4.16. The van der Waals surface area contributed by atoms with Crippen molar-refractivity contribution in [3.63, 3.8) is 0 Å². The SMILES string of the molecule is OC(Cc1ccoc1)c1ccc2nccnc2c1. The van der Waals surface area contributed by atoms with E-state index in [0.717, 1.165) is 22.2 Å². The zero-order chi connectivity index (χ0) is 12.4. The maximum absolute atomic E-state index is 10.2. The van der Waals surface area contributed by atoms with Gasteiger partial charge in [0.05, 0.1) is 29.7 Å². The molecule has 4 nitrogen and oxygen atoms in total. The van der Waals surface area contributed by atoms with E-state index in [9.17, 15) is 5.11 Å². The van der Waals surface area contributed by atoms with E-state index in [1.807, 2.05) is 24.3 Å². The Morgan fingerprint density at radius 3 is 2.72 bits per heavy atom. The fraction of sp³-hybridized carbons (Fsp3) is 0.143. The summed E-state index contributed by atoms with van der Waals surface area (Å²) in [6, 6.07) is 7.47. The zero-order valence-electron chi connectivity index (χ0n) is 9.65. The second-order valence-electron chi connectivity index (χ2n) is 4.16. The van der Waals surface area contributed by atoms with Crippen LogP contribution in [0.25, 0.3) is 11.0 Å². The first-order chi connectivity index (χ1) is 8.83. The van der Waals surface area contributed by atoms with Crippen LogP contribution in [0.4, 0.5) is 0 Å². The summed E-state index contributed by atoms with van der Waals surface area (Å²) in [6.07, 6.45) is 6.52. The van der Waals surface area contributed by atoms with Gasteiger partial charge in [-0.2, -0.15) is 0 Å². The molecule has 90 valence electrons. The van der Waals surface area contributed by atoms with Gasteiger partial charge >= 0.3 is 0 Å². The van der Waals surface area contributed by atoms with E-state index in [1.54, 1.807) is 24.9 Å². The molecule has 0 radical (unpaired) electrons. The quantitative estimate of drug-likeness (QED) is 0.764. The van der Waals surface area contributed by atoms with Gasteiger partial charge in [0.1, 0.15) is 0 Å². The number of aliphatic hydroxyl groups is 1. The lowest BCUT2D eigenvalue weighted by Gasteiger charge is -2.10. The predicted molar refractivity (Wildman–Crippen MR) is 66.9 cm³/mol. The molecule has 0 bridgehead atoms. The Kier molecular flexibility index (Phi) is 2.78. The third kappa shape index (κ3) is 2.10. The molecule has 0 aliphatic rings. The van der Waals surface area contributed by atoms with Gasteiger partial charge in [-0.15, -0.1) is 0 Å². The molecule has 3 rings (SSSR count). The molecular formula is C14H12N2O2. The Balaban J connectivity index is 1.89. The van der Waals surface area contributed by atoms with Crippen LogP contribution in [0.1, 0.15) is 17.2 Å². The molecule has 0 amide bonds. The number of hydrogen-bond donors (Lipinski definition) is 1. The first-order valence-corrected chi connectivity index (χ1v) is 5.73. The van der Waals surface area contributed by atoms with Crippen LogP contribution in [-0.4, -0.2) is 15.1 Å². The van der Waals surface area contributed by atoms with Crippen molar-refractivity contribution < 1.29 is 9.52 Å². The summed E-state index contributed by atoms with van der Waals surface area (Å²) in [5, 5.41) is 10.2. The fourth-order valence-corrected chi connectivity index (χ4v) is 1.94. The minimum absolute atomic E-state index is 0.530. The number of nitrogens with zero attached hydrogens (tertiary/aromatic N) is 2. The molecule has 3 aromatic rings. The summed E-state index contributed by atoms with van der Waals surface area (Å²) in [5.41, 5.74) is 3.43. The maximum atomic E-state index is 10.2. The van der Waals surface area contributed by atoms with Crippen LogP contribution in [-0.2, 0) is 6.42 Å². The van der Waals surface area contributed by atoms with E-state index < -0.39 is 6.10 Å². The highest BCUT2D eigenvalue weighted by Crippen LogP contribution is 2.21. The van der Waals surface area contributed by atoms with Gasteiger partial charge in [0.25, 0.3) is 0 Å². The Morgan fingerprint density at radius 1 is 1.11 bits per heavy atom. The summed E-state index contributed by atoms with van der Waals surface area (Å²) in [6.45, 7) is 0. The minimum atomic E-state index is -0.561. The van der Waals surface area contributed by atoms with Crippen molar-refractivity contribution in [3.8, 4) is 0 Å². The van der Waals surface area contributed by atoms with Crippen LogP contribution in [0.5, 0.6) is 0 Å². The smallest absolute Gasteiger partial charge is 0.0935 e. The maximum Gasteiger partial charge on any atom is 0.0935 e.